The second-order valence-corrected chi connectivity index (χ2v) is 8.58. The van der Waals surface area contributed by atoms with E-state index in [-0.39, 0.29) is 22.1 Å². The zero-order chi connectivity index (χ0) is 19.7. The number of hydrogen-bond acceptors (Lipinski definition) is 5. The average Bonchev–Trinajstić information content (AvgIpc) is 2.56. The highest BCUT2D eigenvalue weighted by atomic mass is 35.5. The third-order valence-electron chi connectivity index (χ3n) is 4.20. The minimum Gasteiger partial charge on any atom is -0.389 e. The zero-order valence-corrected chi connectivity index (χ0v) is 15.6. The summed E-state index contributed by atoms with van der Waals surface area (Å²) in [5, 5.41) is 12.4. The summed E-state index contributed by atoms with van der Waals surface area (Å²) in [6, 6.07) is 6.40. The highest BCUT2D eigenvalue weighted by Crippen LogP contribution is 2.33. The highest BCUT2D eigenvalue weighted by Gasteiger charge is 2.39. The van der Waals surface area contributed by atoms with E-state index in [0.29, 0.717) is 12.8 Å². The van der Waals surface area contributed by atoms with Gasteiger partial charge < -0.3 is 10.4 Å². The van der Waals surface area contributed by atoms with Gasteiger partial charge in [0.1, 0.15) is 11.6 Å². The highest BCUT2D eigenvalue weighted by molar-refractivity contribution is 7.92. The van der Waals surface area contributed by atoms with Crippen molar-refractivity contribution in [3.8, 4) is 0 Å². The van der Waals surface area contributed by atoms with Crippen LogP contribution < -0.4 is 10.0 Å². The third-order valence-corrected chi connectivity index (χ3v) is 5.93. The number of pyridine rings is 1. The molecule has 2 aromatic rings. The van der Waals surface area contributed by atoms with Crippen LogP contribution in [0.2, 0.25) is 5.02 Å². The molecule has 1 aliphatic rings. The molecule has 0 aliphatic heterocycles. The lowest BCUT2D eigenvalue weighted by Gasteiger charge is -2.35. The monoisotopic (exact) mass is 413 g/mol. The second-order valence-electron chi connectivity index (χ2n) is 6.45. The summed E-state index contributed by atoms with van der Waals surface area (Å²) >= 11 is 5.68. The summed E-state index contributed by atoms with van der Waals surface area (Å²) < 4.78 is 39.8. The summed E-state index contributed by atoms with van der Waals surface area (Å²) in [7, 11) is -3.82. The van der Waals surface area contributed by atoms with Gasteiger partial charge in [-0.2, -0.15) is 0 Å². The van der Waals surface area contributed by atoms with Crippen LogP contribution in [-0.4, -0.2) is 35.8 Å². The van der Waals surface area contributed by atoms with Crippen molar-refractivity contribution in [2.75, 3.05) is 15.8 Å². The Bertz CT molecular complexity index is 980. The first-order valence-corrected chi connectivity index (χ1v) is 10.1. The van der Waals surface area contributed by atoms with Crippen molar-refractivity contribution in [1.29, 1.82) is 0 Å². The SMILES string of the molecule is O=C(Nc1ccc(F)c(Cl)c1)c1ccnc(NS(=O)(=O)CC2(O)CCC2)c1. The quantitative estimate of drug-likeness (QED) is 0.674. The third kappa shape index (κ3) is 4.94. The zero-order valence-electron chi connectivity index (χ0n) is 14.1. The van der Waals surface area contributed by atoms with E-state index < -0.39 is 33.1 Å². The number of nitrogens with one attached hydrogen (secondary N) is 2. The predicted molar refractivity (Wildman–Crippen MR) is 99.8 cm³/mol. The molecular formula is C17H17ClFN3O4S. The fourth-order valence-electron chi connectivity index (χ4n) is 2.68. The largest absolute Gasteiger partial charge is 0.389 e. The number of amides is 1. The van der Waals surface area contributed by atoms with Gasteiger partial charge in [0.15, 0.2) is 0 Å². The smallest absolute Gasteiger partial charge is 0.255 e. The number of nitrogens with zero attached hydrogens (tertiary/aromatic N) is 1. The van der Waals surface area contributed by atoms with Gasteiger partial charge in [-0.15, -0.1) is 0 Å². The molecular weight excluding hydrogens is 397 g/mol. The van der Waals surface area contributed by atoms with Crippen molar-refractivity contribution >= 4 is 39.0 Å². The van der Waals surface area contributed by atoms with Crippen LogP contribution in [0.4, 0.5) is 15.9 Å². The first-order valence-electron chi connectivity index (χ1n) is 8.11. The molecule has 0 unspecified atom stereocenters. The van der Waals surface area contributed by atoms with Gasteiger partial charge in [0.25, 0.3) is 5.91 Å². The molecule has 7 nitrogen and oxygen atoms in total. The maximum absolute atomic E-state index is 13.2. The van der Waals surface area contributed by atoms with Crippen molar-refractivity contribution < 1.29 is 22.7 Å². The Labute approximate surface area is 160 Å². The minimum absolute atomic E-state index is 0.0392. The molecule has 0 bridgehead atoms. The van der Waals surface area contributed by atoms with Crippen LogP contribution in [0.25, 0.3) is 0 Å². The second kappa shape index (κ2) is 7.41. The first-order chi connectivity index (χ1) is 12.7. The number of rotatable bonds is 6. The summed E-state index contributed by atoms with van der Waals surface area (Å²) in [5.41, 5.74) is -0.772. The molecule has 0 atom stereocenters. The first kappa shape index (κ1) is 19.5. The molecule has 1 aromatic heterocycles. The fourth-order valence-corrected chi connectivity index (χ4v) is 4.36. The lowest BCUT2D eigenvalue weighted by Crippen LogP contribution is -2.45. The summed E-state index contributed by atoms with van der Waals surface area (Å²) in [6.45, 7) is 0. The number of sulfonamides is 1. The molecule has 1 aliphatic carbocycles. The molecule has 27 heavy (non-hydrogen) atoms. The number of benzene rings is 1. The van der Waals surface area contributed by atoms with E-state index in [9.17, 15) is 22.7 Å². The van der Waals surface area contributed by atoms with Crippen LogP contribution in [0.1, 0.15) is 29.6 Å². The van der Waals surface area contributed by atoms with Crippen LogP contribution in [0.15, 0.2) is 36.5 Å². The van der Waals surface area contributed by atoms with Gasteiger partial charge in [0.05, 0.1) is 16.4 Å². The van der Waals surface area contributed by atoms with Crippen LogP contribution in [0, 0.1) is 5.82 Å². The molecule has 0 saturated heterocycles. The lowest BCUT2D eigenvalue weighted by atomic mass is 9.82. The summed E-state index contributed by atoms with van der Waals surface area (Å²) in [6.07, 6.45) is 2.93. The Morgan fingerprint density at radius 2 is 2.04 bits per heavy atom. The van der Waals surface area contributed by atoms with Gasteiger partial charge in [-0.25, -0.2) is 17.8 Å². The molecule has 3 N–H and O–H groups in total. The van der Waals surface area contributed by atoms with Crippen molar-refractivity contribution in [3.05, 3.63) is 52.9 Å². The molecule has 144 valence electrons. The van der Waals surface area contributed by atoms with Gasteiger partial charge in [-0.05, 0) is 49.6 Å². The van der Waals surface area contributed by atoms with E-state index in [1.54, 1.807) is 0 Å². The van der Waals surface area contributed by atoms with Crippen LogP contribution in [-0.2, 0) is 10.0 Å². The van der Waals surface area contributed by atoms with Crippen molar-refractivity contribution in [1.82, 2.24) is 4.98 Å². The Morgan fingerprint density at radius 3 is 2.67 bits per heavy atom. The molecule has 1 fully saturated rings. The molecule has 1 amide bonds. The number of anilines is 2. The fraction of sp³-hybridized carbons (Fsp3) is 0.294. The number of halogens is 2. The van der Waals surface area contributed by atoms with Crippen LogP contribution in [0.3, 0.4) is 0 Å². The molecule has 10 heteroatoms. The molecule has 0 radical (unpaired) electrons. The van der Waals surface area contributed by atoms with E-state index in [4.69, 9.17) is 11.6 Å². The standard InChI is InChI=1S/C17H17ClFN3O4S/c18-13-9-12(2-3-14(13)19)21-16(23)11-4-7-20-15(8-11)22-27(25,26)10-17(24)5-1-6-17/h2-4,7-9,24H,1,5-6,10H2,(H,20,22)(H,21,23). The number of carbonyl (C=O) groups excluding carboxylic acids is 1. The molecule has 0 spiro atoms. The van der Waals surface area contributed by atoms with Gasteiger partial charge in [0.2, 0.25) is 10.0 Å². The lowest BCUT2D eigenvalue weighted by molar-refractivity contribution is -0.0113. The van der Waals surface area contributed by atoms with Crippen molar-refractivity contribution in [2.45, 2.75) is 24.9 Å². The van der Waals surface area contributed by atoms with Crippen molar-refractivity contribution in [3.63, 3.8) is 0 Å². The van der Waals surface area contributed by atoms with Crippen LogP contribution >= 0.6 is 11.6 Å². The normalized spacial score (nSPS) is 15.7. The maximum atomic E-state index is 13.2. The van der Waals surface area contributed by atoms with Gasteiger partial charge in [-0.1, -0.05) is 11.6 Å². The van der Waals surface area contributed by atoms with Crippen molar-refractivity contribution in [2.24, 2.45) is 0 Å². The van der Waals surface area contributed by atoms with Gasteiger partial charge >= 0.3 is 0 Å². The number of hydrogen-bond donors (Lipinski definition) is 3. The number of carbonyl (C=O) groups is 1. The molecule has 3 rings (SSSR count). The van der Waals surface area contributed by atoms with E-state index >= 15 is 0 Å². The maximum Gasteiger partial charge on any atom is 0.255 e. The Balaban J connectivity index is 1.70. The Kier molecular flexibility index (Phi) is 5.36. The number of aliphatic hydroxyl groups is 1. The molecule has 1 heterocycles. The van der Waals surface area contributed by atoms with Gasteiger partial charge in [0, 0.05) is 17.4 Å². The van der Waals surface area contributed by atoms with Gasteiger partial charge in [-0.3, -0.25) is 9.52 Å². The predicted octanol–water partition coefficient (Wildman–Crippen LogP) is 2.78. The minimum atomic E-state index is -3.82. The number of aromatic nitrogens is 1. The van der Waals surface area contributed by atoms with E-state index in [1.807, 2.05) is 0 Å². The molecule has 1 saturated carbocycles. The summed E-state index contributed by atoms with van der Waals surface area (Å²) in [5.74, 6) is -1.61. The Hall–Kier alpha value is -2.23. The van der Waals surface area contributed by atoms with E-state index in [0.717, 1.165) is 12.5 Å². The summed E-state index contributed by atoms with van der Waals surface area (Å²) in [4.78, 5) is 16.2. The average molecular weight is 414 g/mol. The topological polar surface area (TPSA) is 108 Å². The van der Waals surface area contributed by atoms with Crippen LogP contribution in [0.5, 0.6) is 0 Å². The Morgan fingerprint density at radius 1 is 1.30 bits per heavy atom. The van der Waals surface area contributed by atoms with E-state index in [1.165, 1.54) is 30.5 Å². The molecule has 1 aromatic carbocycles. The van der Waals surface area contributed by atoms with E-state index in [2.05, 4.69) is 15.0 Å².